The van der Waals surface area contributed by atoms with Crippen molar-refractivity contribution in [3.63, 3.8) is 0 Å². The zero-order chi connectivity index (χ0) is 26.9. The summed E-state index contributed by atoms with van der Waals surface area (Å²) in [6, 6.07) is 8.17. The number of amides is 2. The molecular formula is C26H25F3N4O4. The van der Waals surface area contributed by atoms with E-state index >= 15 is 0 Å². The maximum absolute atomic E-state index is 13.5. The number of alkyl halides is 3. The van der Waals surface area contributed by atoms with Crippen LogP contribution in [0.25, 0.3) is 10.9 Å². The van der Waals surface area contributed by atoms with Gasteiger partial charge < -0.3 is 9.64 Å². The van der Waals surface area contributed by atoms with E-state index in [1.165, 1.54) is 23.2 Å². The number of aryl methyl sites for hydroxylation is 1. The third-order valence-corrected chi connectivity index (χ3v) is 6.41. The third kappa shape index (κ3) is 4.93. The zero-order valence-electron chi connectivity index (χ0n) is 20.5. The summed E-state index contributed by atoms with van der Waals surface area (Å²) in [4.78, 5) is 40.7. The standard InChI is InChI=1S/C26H25F3N4O4/c1-4-37-25(36)20(14-31(2)17-8-10-22-16(12-17)13-30-32(22)3)24(35)33(15-34)23-11-9-18-19(23)6-5-7-21(18)26(27,28)29/h5-8,10,12-15,23H,4,9,11H2,1-3H3/b20-14+. The molecule has 1 aliphatic rings. The molecule has 1 aromatic heterocycles. The number of halogens is 3. The number of benzene rings is 2. The molecule has 4 rings (SSSR count). The van der Waals surface area contributed by atoms with Crippen molar-refractivity contribution in [2.45, 2.75) is 32.0 Å². The van der Waals surface area contributed by atoms with E-state index in [1.807, 2.05) is 12.1 Å². The normalized spacial score (nSPS) is 15.4. The molecule has 0 bridgehead atoms. The van der Waals surface area contributed by atoms with E-state index in [1.54, 1.807) is 38.0 Å². The van der Waals surface area contributed by atoms with E-state index in [9.17, 15) is 27.6 Å². The lowest BCUT2D eigenvalue weighted by atomic mass is 10.0. The summed E-state index contributed by atoms with van der Waals surface area (Å²) in [7, 11) is 3.42. The molecule has 2 aromatic carbocycles. The van der Waals surface area contributed by atoms with E-state index in [0.717, 1.165) is 21.9 Å². The first-order valence-electron chi connectivity index (χ1n) is 11.6. The predicted molar refractivity (Wildman–Crippen MR) is 129 cm³/mol. The maximum Gasteiger partial charge on any atom is 0.416 e. The van der Waals surface area contributed by atoms with Gasteiger partial charge in [0.2, 0.25) is 6.41 Å². The molecule has 3 aromatic rings. The Morgan fingerprint density at radius 3 is 2.68 bits per heavy atom. The van der Waals surface area contributed by atoms with Crippen LogP contribution in [-0.4, -0.2) is 46.6 Å². The molecule has 37 heavy (non-hydrogen) atoms. The number of carbonyl (C=O) groups excluding carboxylic acids is 3. The second-order valence-corrected chi connectivity index (χ2v) is 8.63. The lowest BCUT2D eigenvalue weighted by Gasteiger charge is -2.25. The van der Waals surface area contributed by atoms with Gasteiger partial charge in [-0.3, -0.25) is 19.2 Å². The van der Waals surface area contributed by atoms with Gasteiger partial charge >= 0.3 is 12.1 Å². The van der Waals surface area contributed by atoms with Gasteiger partial charge in [-0.15, -0.1) is 0 Å². The Kier molecular flexibility index (Phi) is 7.06. The number of ether oxygens (including phenoxy) is 1. The van der Waals surface area contributed by atoms with Crippen LogP contribution in [0.5, 0.6) is 0 Å². The van der Waals surface area contributed by atoms with E-state index in [4.69, 9.17) is 4.74 Å². The van der Waals surface area contributed by atoms with Gasteiger partial charge in [-0.05, 0) is 55.2 Å². The van der Waals surface area contributed by atoms with Crippen molar-refractivity contribution >= 4 is 34.9 Å². The molecule has 1 heterocycles. The van der Waals surface area contributed by atoms with Gasteiger partial charge in [-0.25, -0.2) is 4.79 Å². The fourth-order valence-corrected chi connectivity index (χ4v) is 4.63. The minimum Gasteiger partial charge on any atom is -0.462 e. The number of fused-ring (bicyclic) bond motifs is 2. The van der Waals surface area contributed by atoms with Gasteiger partial charge in [-0.1, -0.05) is 12.1 Å². The molecule has 0 saturated carbocycles. The number of rotatable bonds is 7. The average molecular weight is 515 g/mol. The van der Waals surface area contributed by atoms with Crippen LogP contribution >= 0.6 is 0 Å². The van der Waals surface area contributed by atoms with Crippen LogP contribution in [0, 0.1) is 0 Å². The summed E-state index contributed by atoms with van der Waals surface area (Å²) in [6.07, 6.45) is -1.24. The Morgan fingerprint density at radius 2 is 2.00 bits per heavy atom. The predicted octanol–water partition coefficient (Wildman–Crippen LogP) is 4.15. The first-order valence-corrected chi connectivity index (χ1v) is 11.6. The fourth-order valence-electron chi connectivity index (χ4n) is 4.63. The number of aromatic nitrogens is 2. The average Bonchev–Trinajstić information content (AvgIpc) is 3.45. The van der Waals surface area contributed by atoms with Crippen LogP contribution in [0.4, 0.5) is 18.9 Å². The number of esters is 1. The van der Waals surface area contributed by atoms with Crippen molar-refractivity contribution in [3.8, 4) is 0 Å². The van der Waals surface area contributed by atoms with Crippen LogP contribution in [0.2, 0.25) is 0 Å². The van der Waals surface area contributed by atoms with Gasteiger partial charge in [0.1, 0.15) is 5.57 Å². The minimum atomic E-state index is -4.57. The monoisotopic (exact) mass is 514 g/mol. The molecular weight excluding hydrogens is 489 g/mol. The molecule has 0 fully saturated rings. The summed E-state index contributed by atoms with van der Waals surface area (Å²) in [6.45, 7) is 1.56. The van der Waals surface area contributed by atoms with E-state index in [0.29, 0.717) is 5.69 Å². The highest BCUT2D eigenvalue weighted by molar-refractivity contribution is 6.18. The lowest BCUT2D eigenvalue weighted by molar-refractivity contribution is -0.144. The minimum absolute atomic E-state index is 0.0168. The Bertz CT molecular complexity index is 1400. The smallest absolute Gasteiger partial charge is 0.416 e. The molecule has 11 heteroatoms. The summed E-state index contributed by atoms with van der Waals surface area (Å²) in [5, 5.41) is 5.03. The Balaban J connectivity index is 1.70. The van der Waals surface area contributed by atoms with Crippen LogP contribution in [-0.2, 0) is 38.8 Å². The number of nitrogens with zero attached hydrogens (tertiary/aromatic N) is 4. The van der Waals surface area contributed by atoms with Crippen LogP contribution < -0.4 is 4.90 Å². The van der Waals surface area contributed by atoms with Crippen molar-refractivity contribution < 1.29 is 32.3 Å². The van der Waals surface area contributed by atoms with Gasteiger partial charge in [-0.2, -0.15) is 18.3 Å². The highest BCUT2D eigenvalue weighted by atomic mass is 19.4. The molecule has 0 N–H and O–H groups in total. The Morgan fingerprint density at radius 1 is 1.24 bits per heavy atom. The van der Waals surface area contributed by atoms with E-state index in [2.05, 4.69) is 5.10 Å². The molecule has 1 atom stereocenters. The van der Waals surface area contributed by atoms with Crippen LogP contribution in [0.1, 0.15) is 36.1 Å². The molecule has 0 aliphatic heterocycles. The number of carbonyl (C=O) groups is 3. The van der Waals surface area contributed by atoms with E-state index in [-0.39, 0.29) is 37.0 Å². The third-order valence-electron chi connectivity index (χ3n) is 6.41. The largest absolute Gasteiger partial charge is 0.462 e. The zero-order valence-corrected chi connectivity index (χ0v) is 20.5. The summed E-state index contributed by atoms with van der Waals surface area (Å²) in [5.41, 5.74) is 0.569. The second-order valence-electron chi connectivity index (χ2n) is 8.63. The van der Waals surface area contributed by atoms with Crippen molar-refractivity contribution in [3.05, 3.63) is 71.1 Å². The first-order chi connectivity index (χ1) is 17.6. The van der Waals surface area contributed by atoms with Crippen LogP contribution in [0.3, 0.4) is 0 Å². The molecule has 0 spiro atoms. The number of imide groups is 1. The molecule has 1 unspecified atom stereocenters. The lowest BCUT2D eigenvalue weighted by Crippen LogP contribution is -2.37. The Labute approximate surface area is 210 Å². The summed E-state index contributed by atoms with van der Waals surface area (Å²) >= 11 is 0. The van der Waals surface area contributed by atoms with Gasteiger partial charge in [0.25, 0.3) is 5.91 Å². The molecule has 0 saturated heterocycles. The molecule has 194 valence electrons. The molecule has 8 nitrogen and oxygen atoms in total. The summed E-state index contributed by atoms with van der Waals surface area (Å²) in [5.74, 6) is -1.91. The SMILES string of the molecule is CCOC(=O)/C(=C/N(C)c1ccc2c(cnn2C)c1)C(=O)N(C=O)C1CCc2c1cccc2C(F)(F)F. The highest BCUT2D eigenvalue weighted by Gasteiger charge is 2.40. The van der Waals surface area contributed by atoms with E-state index < -0.39 is 35.2 Å². The molecule has 0 radical (unpaired) electrons. The second kappa shape index (κ2) is 10.1. The van der Waals surface area contributed by atoms with Crippen molar-refractivity contribution in [1.82, 2.24) is 14.7 Å². The first kappa shape index (κ1) is 25.9. The summed E-state index contributed by atoms with van der Waals surface area (Å²) < 4.78 is 47.3. The molecule has 2 amide bonds. The van der Waals surface area contributed by atoms with Crippen molar-refractivity contribution in [1.29, 1.82) is 0 Å². The quantitative estimate of drug-likeness (QED) is 0.155. The number of hydrogen-bond acceptors (Lipinski definition) is 6. The maximum atomic E-state index is 13.5. The number of hydrogen-bond donors (Lipinski definition) is 0. The fraction of sp³-hybridized carbons (Fsp3) is 0.308. The van der Waals surface area contributed by atoms with Gasteiger partial charge in [0, 0.05) is 31.4 Å². The van der Waals surface area contributed by atoms with Crippen molar-refractivity contribution in [2.75, 3.05) is 18.6 Å². The molecule has 1 aliphatic carbocycles. The number of anilines is 1. The topological polar surface area (TPSA) is 84.7 Å². The highest BCUT2D eigenvalue weighted by Crippen LogP contribution is 2.42. The van der Waals surface area contributed by atoms with Crippen LogP contribution in [0.15, 0.2) is 54.4 Å². The van der Waals surface area contributed by atoms with Crippen molar-refractivity contribution in [2.24, 2.45) is 7.05 Å². The van der Waals surface area contributed by atoms with Gasteiger partial charge in [0.05, 0.1) is 29.9 Å². The van der Waals surface area contributed by atoms with Gasteiger partial charge in [0.15, 0.2) is 0 Å². The Hall–Kier alpha value is -4.15.